The Labute approximate surface area is 85.6 Å². The summed E-state index contributed by atoms with van der Waals surface area (Å²) in [6.07, 6.45) is -5.18. The van der Waals surface area contributed by atoms with Gasteiger partial charge in [0, 0.05) is 25.9 Å². The number of alkyl halides is 4. The highest BCUT2D eigenvalue weighted by Crippen LogP contribution is 2.06. The van der Waals surface area contributed by atoms with Crippen LogP contribution < -0.4 is 0 Å². The zero-order valence-corrected chi connectivity index (χ0v) is 8.13. The van der Waals surface area contributed by atoms with Gasteiger partial charge in [0.05, 0.1) is 0 Å². The highest BCUT2D eigenvalue weighted by Gasteiger charge is 2.14. The van der Waals surface area contributed by atoms with Gasteiger partial charge in [-0.05, 0) is 6.08 Å². The Morgan fingerprint density at radius 2 is 1.53 bits per heavy atom. The van der Waals surface area contributed by atoms with E-state index in [0.717, 1.165) is 11.0 Å². The fourth-order valence-electron chi connectivity index (χ4n) is 0.968. The van der Waals surface area contributed by atoms with Crippen molar-refractivity contribution in [1.29, 1.82) is 0 Å². The van der Waals surface area contributed by atoms with Crippen LogP contribution in [0.3, 0.4) is 0 Å². The third-order valence-electron chi connectivity index (χ3n) is 1.72. The van der Waals surface area contributed by atoms with Gasteiger partial charge >= 0.3 is 0 Å². The van der Waals surface area contributed by atoms with Crippen molar-refractivity contribution in [1.82, 2.24) is 4.90 Å². The summed E-state index contributed by atoms with van der Waals surface area (Å²) in [4.78, 5) is 12.0. The Bertz CT molecular complexity index is 196. The van der Waals surface area contributed by atoms with Gasteiger partial charge in [-0.1, -0.05) is 6.58 Å². The molecule has 0 N–H and O–H groups in total. The second kappa shape index (κ2) is 7.25. The molecule has 0 fully saturated rings. The molecule has 0 aliphatic rings. The molecule has 0 bridgehead atoms. The lowest BCUT2D eigenvalue weighted by Gasteiger charge is -2.20. The van der Waals surface area contributed by atoms with Gasteiger partial charge in [-0.2, -0.15) is 0 Å². The lowest BCUT2D eigenvalue weighted by atomic mass is 10.3. The molecular formula is C9H13F4NO. The van der Waals surface area contributed by atoms with E-state index < -0.39 is 31.6 Å². The number of carbonyl (C=O) groups is 1. The Kier molecular flexibility index (Phi) is 6.73. The quantitative estimate of drug-likeness (QED) is 0.482. The molecule has 0 aromatic carbocycles. The molecule has 0 heterocycles. The molecule has 15 heavy (non-hydrogen) atoms. The number of carbonyl (C=O) groups excluding carboxylic acids is 1. The third-order valence-corrected chi connectivity index (χ3v) is 1.72. The van der Waals surface area contributed by atoms with Gasteiger partial charge in [0.15, 0.2) is 0 Å². The second-order valence-electron chi connectivity index (χ2n) is 2.89. The number of halogens is 4. The number of amides is 1. The zero-order valence-electron chi connectivity index (χ0n) is 8.13. The molecule has 1 amide bonds. The summed E-state index contributed by atoms with van der Waals surface area (Å²) in [5.41, 5.74) is 0. The van der Waals surface area contributed by atoms with E-state index in [1.807, 2.05) is 0 Å². The Morgan fingerprint density at radius 3 is 1.80 bits per heavy atom. The number of hydrogen-bond acceptors (Lipinski definition) is 1. The van der Waals surface area contributed by atoms with Crippen molar-refractivity contribution in [3.05, 3.63) is 12.7 Å². The van der Waals surface area contributed by atoms with E-state index in [1.54, 1.807) is 0 Å². The van der Waals surface area contributed by atoms with Crippen molar-refractivity contribution in [2.45, 2.75) is 25.7 Å². The zero-order chi connectivity index (χ0) is 11.8. The molecule has 0 radical (unpaired) electrons. The lowest BCUT2D eigenvalue weighted by Crippen LogP contribution is -2.33. The normalized spacial score (nSPS) is 10.8. The first-order valence-electron chi connectivity index (χ1n) is 4.45. The van der Waals surface area contributed by atoms with Crippen LogP contribution in [-0.2, 0) is 4.79 Å². The molecule has 0 rings (SSSR count). The maximum Gasteiger partial charge on any atom is 0.245 e. The van der Waals surface area contributed by atoms with E-state index in [2.05, 4.69) is 6.58 Å². The minimum Gasteiger partial charge on any atom is -0.339 e. The number of nitrogens with zero attached hydrogens (tertiary/aromatic N) is 1. The number of hydrogen-bond donors (Lipinski definition) is 0. The van der Waals surface area contributed by atoms with Gasteiger partial charge in [-0.15, -0.1) is 0 Å². The van der Waals surface area contributed by atoms with Crippen LogP contribution in [0.2, 0.25) is 0 Å². The van der Waals surface area contributed by atoms with Crippen molar-refractivity contribution >= 4 is 5.91 Å². The molecular weight excluding hydrogens is 214 g/mol. The smallest absolute Gasteiger partial charge is 0.245 e. The van der Waals surface area contributed by atoms with Crippen LogP contribution in [0.15, 0.2) is 12.7 Å². The fourth-order valence-corrected chi connectivity index (χ4v) is 0.968. The largest absolute Gasteiger partial charge is 0.339 e. The summed E-state index contributed by atoms with van der Waals surface area (Å²) in [7, 11) is 0. The van der Waals surface area contributed by atoms with E-state index in [0.29, 0.717) is 0 Å². The molecule has 0 spiro atoms. The van der Waals surface area contributed by atoms with Gasteiger partial charge < -0.3 is 4.90 Å². The van der Waals surface area contributed by atoms with Crippen molar-refractivity contribution in [2.75, 3.05) is 13.1 Å². The molecule has 0 aliphatic heterocycles. The van der Waals surface area contributed by atoms with Crippen LogP contribution in [-0.4, -0.2) is 36.7 Å². The SMILES string of the molecule is C=CC(=O)N(CCC(F)F)CCC(F)F. The first kappa shape index (κ1) is 13.9. The van der Waals surface area contributed by atoms with Gasteiger partial charge in [0.2, 0.25) is 18.8 Å². The summed E-state index contributed by atoms with van der Waals surface area (Å²) in [5.74, 6) is -0.601. The second-order valence-corrected chi connectivity index (χ2v) is 2.89. The first-order chi connectivity index (χ1) is 6.97. The van der Waals surface area contributed by atoms with Gasteiger partial charge in [-0.3, -0.25) is 4.79 Å². The summed E-state index contributed by atoms with van der Waals surface area (Å²) in [6.45, 7) is 2.72. The fraction of sp³-hybridized carbons (Fsp3) is 0.667. The Morgan fingerprint density at radius 1 is 1.13 bits per heavy atom. The summed E-state index contributed by atoms with van der Waals surface area (Å²) < 4.78 is 47.4. The highest BCUT2D eigenvalue weighted by atomic mass is 19.3. The summed E-state index contributed by atoms with van der Waals surface area (Å²) in [5, 5.41) is 0. The van der Waals surface area contributed by atoms with Crippen molar-refractivity contribution in [3.63, 3.8) is 0 Å². The molecule has 0 atom stereocenters. The van der Waals surface area contributed by atoms with Crippen LogP contribution in [0.5, 0.6) is 0 Å². The van der Waals surface area contributed by atoms with E-state index >= 15 is 0 Å². The van der Waals surface area contributed by atoms with Crippen LogP contribution >= 0.6 is 0 Å². The van der Waals surface area contributed by atoms with Crippen molar-refractivity contribution in [3.8, 4) is 0 Å². The molecule has 88 valence electrons. The Balaban J connectivity index is 4.06. The molecule has 0 unspecified atom stereocenters. The third kappa shape index (κ3) is 6.93. The molecule has 2 nitrogen and oxygen atoms in total. The monoisotopic (exact) mass is 227 g/mol. The van der Waals surface area contributed by atoms with Crippen LogP contribution in [0.4, 0.5) is 17.6 Å². The van der Waals surface area contributed by atoms with E-state index in [9.17, 15) is 22.4 Å². The molecule has 0 aromatic heterocycles. The van der Waals surface area contributed by atoms with E-state index in [4.69, 9.17) is 0 Å². The van der Waals surface area contributed by atoms with Gasteiger partial charge in [0.25, 0.3) is 0 Å². The predicted molar refractivity (Wildman–Crippen MR) is 48.0 cm³/mol. The maximum atomic E-state index is 11.8. The average Bonchev–Trinajstić information content (AvgIpc) is 2.16. The van der Waals surface area contributed by atoms with Gasteiger partial charge in [0.1, 0.15) is 0 Å². The van der Waals surface area contributed by atoms with Crippen LogP contribution in [0, 0.1) is 0 Å². The topological polar surface area (TPSA) is 20.3 Å². The minimum atomic E-state index is -2.54. The molecule has 0 saturated carbocycles. The Hall–Kier alpha value is -1.07. The van der Waals surface area contributed by atoms with E-state index in [-0.39, 0.29) is 13.1 Å². The molecule has 0 aromatic rings. The van der Waals surface area contributed by atoms with Crippen molar-refractivity contribution in [2.24, 2.45) is 0 Å². The maximum absolute atomic E-state index is 11.8. The standard InChI is InChI=1S/C9H13F4NO/c1-2-9(15)14(5-3-7(10)11)6-4-8(12)13/h2,7-8H,1,3-6H2. The summed E-state index contributed by atoms with van der Waals surface area (Å²) >= 11 is 0. The van der Waals surface area contributed by atoms with Gasteiger partial charge in [-0.25, -0.2) is 17.6 Å². The van der Waals surface area contributed by atoms with Crippen LogP contribution in [0.25, 0.3) is 0 Å². The highest BCUT2D eigenvalue weighted by molar-refractivity contribution is 5.86. The predicted octanol–water partition coefficient (Wildman–Crippen LogP) is 2.31. The van der Waals surface area contributed by atoms with Crippen LogP contribution in [0.1, 0.15) is 12.8 Å². The first-order valence-corrected chi connectivity index (χ1v) is 4.45. The molecule has 0 aliphatic carbocycles. The van der Waals surface area contributed by atoms with Crippen molar-refractivity contribution < 1.29 is 22.4 Å². The molecule has 6 heteroatoms. The minimum absolute atomic E-state index is 0.227. The molecule has 0 saturated heterocycles. The lowest BCUT2D eigenvalue weighted by molar-refractivity contribution is -0.126. The van der Waals surface area contributed by atoms with E-state index in [1.165, 1.54) is 0 Å². The number of rotatable bonds is 7. The average molecular weight is 227 g/mol. The summed E-state index contributed by atoms with van der Waals surface area (Å²) in [6, 6.07) is 0.